The van der Waals surface area contributed by atoms with Crippen molar-refractivity contribution in [1.82, 2.24) is 15.0 Å². The number of benzene rings is 1. The van der Waals surface area contributed by atoms with E-state index >= 15 is 0 Å². The third-order valence-electron chi connectivity index (χ3n) is 3.44. The number of aliphatic carboxylic acids is 1. The molecule has 29 heavy (non-hydrogen) atoms. The van der Waals surface area contributed by atoms with Gasteiger partial charge >= 0.3 is 5.97 Å². The first-order valence-corrected chi connectivity index (χ1v) is 9.27. The van der Waals surface area contributed by atoms with Gasteiger partial charge in [0, 0.05) is 18.0 Å². The van der Waals surface area contributed by atoms with Gasteiger partial charge in [0.1, 0.15) is 6.54 Å². The molecule has 0 unspecified atom stereocenters. The third-order valence-corrected chi connectivity index (χ3v) is 3.80. The fourth-order valence-corrected chi connectivity index (χ4v) is 2.52. The maximum Gasteiger partial charge on any atom is 0.322 e. The minimum Gasteiger partial charge on any atom is -0.480 e. The van der Waals surface area contributed by atoms with E-state index in [-0.39, 0.29) is 12.5 Å². The number of carboxylic acids is 1. The van der Waals surface area contributed by atoms with E-state index in [9.17, 15) is 9.00 Å². The Morgan fingerprint density at radius 2 is 1.86 bits per heavy atom. The summed E-state index contributed by atoms with van der Waals surface area (Å²) in [5, 5.41) is 11.5. The highest BCUT2D eigenvalue weighted by atomic mass is 32.2. The van der Waals surface area contributed by atoms with Crippen LogP contribution in [0.3, 0.4) is 0 Å². The van der Waals surface area contributed by atoms with Crippen molar-refractivity contribution in [3.8, 4) is 11.4 Å². The molecule has 150 valence electrons. The van der Waals surface area contributed by atoms with E-state index in [2.05, 4.69) is 35.5 Å². The Balaban J connectivity index is 1.79. The highest BCUT2D eigenvalue weighted by Gasteiger charge is 2.09. The van der Waals surface area contributed by atoms with Crippen LogP contribution in [-0.2, 0) is 19.9 Å². The zero-order valence-electron chi connectivity index (χ0n) is 14.8. The van der Waals surface area contributed by atoms with Gasteiger partial charge in [-0.3, -0.25) is 20.6 Å². The van der Waals surface area contributed by atoms with Crippen molar-refractivity contribution >= 4 is 40.0 Å². The van der Waals surface area contributed by atoms with E-state index in [1.54, 1.807) is 48.7 Å². The highest BCUT2D eigenvalue weighted by molar-refractivity contribution is 7.68. The lowest BCUT2D eigenvalue weighted by Crippen LogP contribution is -2.16. The number of carbonyl (C=O) groups is 1. The maximum atomic E-state index is 10.8. The first-order valence-electron chi connectivity index (χ1n) is 8.20. The molecule has 12 heteroatoms. The number of nitrogens with one attached hydrogen (secondary N) is 3. The average molecular weight is 414 g/mol. The Kier molecular flexibility index (Phi) is 6.50. The van der Waals surface area contributed by atoms with Crippen molar-refractivity contribution < 1.29 is 18.7 Å². The summed E-state index contributed by atoms with van der Waals surface area (Å²) in [7, 11) is -2.27. The molecule has 0 bridgehead atoms. The number of aromatic nitrogens is 3. The first-order chi connectivity index (χ1) is 14.0. The molecule has 2 heterocycles. The molecule has 3 aromatic rings. The molecule has 11 nitrogen and oxygen atoms in total. The summed E-state index contributed by atoms with van der Waals surface area (Å²) in [6.45, 7) is -0.338. The number of hydrogen-bond acceptors (Lipinski definition) is 10. The lowest BCUT2D eigenvalue weighted by molar-refractivity contribution is -0.134. The number of carboxylic acid groups (broad SMARTS) is 1. The number of anilines is 3. The third kappa shape index (κ3) is 6.12. The number of hydrazine groups is 1. The zero-order chi connectivity index (χ0) is 20.6. The molecule has 0 aliphatic rings. The van der Waals surface area contributed by atoms with Crippen LogP contribution in [0.25, 0.3) is 11.4 Å². The molecule has 0 saturated carbocycles. The largest absolute Gasteiger partial charge is 0.480 e. The van der Waals surface area contributed by atoms with Gasteiger partial charge in [-0.25, -0.2) is 4.98 Å². The Labute approximate surface area is 167 Å². The molecule has 3 rings (SSSR count). The van der Waals surface area contributed by atoms with Gasteiger partial charge in [0.2, 0.25) is 5.95 Å². The van der Waals surface area contributed by atoms with Gasteiger partial charge in [-0.15, -0.1) is 0 Å². The van der Waals surface area contributed by atoms with Crippen LogP contribution >= 0.6 is 0 Å². The van der Waals surface area contributed by atoms with Crippen molar-refractivity contribution in [2.75, 3.05) is 22.7 Å². The Morgan fingerprint density at radius 1 is 1.07 bits per heavy atom. The molecule has 0 atom stereocenters. The normalized spacial score (nSPS) is 11.6. The average Bonchev–Trinajstić information content (AvgIpc) is 2.72. The summed E-state index contributed by atoms with van der Waals surface area (Å²) in [6.07, 6.45) is 1.62. The molecule has 0 fully saturated rings. The monoisotopic (exact) mass is 414 g/mol. The van der Waals surface area contributed by atoms with Crippen molar-refractivity contribution in [2.45, 2.75) is 0 Å². The molecule has 0 aliphatic carbocycles. The Bertz CT molecular complexity index is 1070. The Hall–Kier alpha value is -3.77. The minimum atomic E-state index is -2.27. The van der Waals surface area contributed by atoms with E-state index in [0.717, 1.165) is 0 Å². The van der Waals surface area contributed by atoms with Crippen LogP contribution in [-0.4, -0.2) is 37.1 Å². The second kappa shape index (κ2) is 9.43. The van der Waals surface area contributed by atoms with Gasteiger partial charge in [0.05, 0.1) is 17.1 Å². The predicted octanol–water partition coefficient (Wildman–Crippen LogP) is 2.73. The fourth-order valence-electron chi connectivity index (χ4n) is 2.22. The van der Waals surface area contributed by atoms with E-state index in [4.69, 9.17) is 9.66 Å². The van der Waals surface area contributed by atoms with Gasteiger partial charge in [-0.05, 0) is 36.4 Å². The van der Waals surface area contributed by atoms with Gasteiger partial charge in [0.25, 0.3) is 0 Å². The van der Waals surface area contributed by atoms with E-state index in [0.29, 0.717) is 28.6 Å². The van der Waals surface area contributed by atoms with Crippen molar-refractivity contribution in [3.63, 3.8) is 0 Å². The summed E-state index contributed by atoms with van der Waals surface area (Å²) in [5.74, 6) is -0.544. The zero-order valence-corrected chi connectivity index (χ0v) is 15.6. The van der Waals surface area contributed by atoms with Crippen LogP contribution in [0.1, 0.15) is 0 Å². The number of pyridine rings is 1. The Morgan fingerprint density at radius 3 is 2.52 bits per heavy atom. The molecular formula is C17H16N7O4S-. The van der Waals surface area contributed by atoms with E-state index in [1.807, 2.05) is 6.07 Å². The topological polar surface area (TPSA) is 162 Å². The maximum absolute atomic E-state index is 10.8. The lowest BCUT2D eigenvalue weighted by Gasteiger charge is -2.12. The standard InChI is InChI=1S/C17H16N7O4S/c25-16(26)10-19-17-20-14(13-3-1-2-8-18-13)9-15(21-17)23-22-11-4-6-12(7-5-11)24-29(27)28/h1-9,22H,10H2,(H,25,26)(H,24,27,28)(H2,19,20,21,23)/q-1. The molecule has 5 N–H and O–H groups in total. The quantitative estimate of drug-likeness (QED) is 0.210. The molecule has 0 saturated heterocycles. The lowest BCUT2D eigenvalue weighted by atomic mass is 10.2. The van der Waals surface area contributed by atoms with Crippen molar-refractivity contribution in [2.24, 2.45) is 4.36 Å². The molecule has 2 aromatic heterocycles. The molecule has 0 spiro atoms. The van der Waals surface area contributed by atoms with Crippen LogP contribution in [0, 0.1) is 0 Å². The summed E-state index contributed by atoms with van der Waals surface area (Å²) in [5.41, 5.74) is 7.93. The van der Waals surface area contributed by atoms with Crippen LogP contribution in [0.5, 0.6) is 0 Å². The molecular weight excluding hydrogens is 398 g/mol. The number of rotatable bonds is 8. The van der Waals surface area contributed by atoms with Crippen LogP contribution < -0.4 is 16.2 Å². The second-order valence-electron chi connectivity index (χ2n) is 5.54. The van der Waals surface area contributed by atoms with Crippen LogP contribution in [0.2, 0.25) is 0 Å². The summed E-state index contributed by atoms with van der Waals surface area (Å²) < 4.78 is 23.0. The van der Waals surface area contributed by atoms with Gasteiger partial charge in [0.15, 0.2) is 5.82 Å². The van der Waals surface area contributed by atoms with Gasteiger partial charge in [-0.1, -0.05) is 16.9 Å². The summed E-state index contributed by atoms with van der Waals surface area (Å²) >= 11 is 0. The number of hydrogen-bond donors (Lipinski definition) is 5. The highest BCUT2D eigenvalue weighted by Crippen LogP contribution is 2.20. The smallest absolute Gasteiger partial charge is 0.322 e. The van der Waals surface area contributed by atoms with Crippen molar-refractivity contribution in [3.05, 3.63) is 54.7 Å². The molecule has 0 aliphatic heterocycles. The fraction of sp³-hybridized carbons (Fsp3) is 0.0588. The van der Waals surface area contributed by atoms with Gasteiger partial charge in [-0.2, -0.15) is 4.98 Å². The number of nitrogens with zero attached hydrogens (tertiary/aromatic N) is 4. The van der Waals surface area contributed by atoms with Gasteiger partial charge < -0.3 is 23.5 Å². The van der Waals surface area contributed by atoms with Crippen molar-refractivity contribution in [1.29, 1.82) is 0 Å². The molecule has 0 radical (unpaired) electrons. The second-order valence-corrected chi connectivity index (χ2v) is 6.19. The molecule has 1 aromatic carbocycles. The first kappa shape index (κ1) is 20.0. The van der Waals surface area contributed by atoms with Crippen LogP contribution in [0.4, 0.5) is 23.1 Å². The predicted molar refractivity (Wildman–Crippen MR) is 108 cm³/mol. The van der Waals surface area contributed by atoms with E-state index < -0.39 is 16.8 Å². The molecule has 0 amide bonds. The summed E-state index contributed by atoms with van der Waals surface area (Å²) in [4.78, 5) is 23.6. The SMILES string of the molecule is O=C(O)CNc1nc(NNc2ccc(N=[S-](=O)O)cc2)cc(-c2ccccn2)n1. The minimum absolute atomic E-state index is 0.124. The van der Waals surface area contributed by atoms with E-state index in [1.165, 1.54) is 0 Å². The summed E-state index contributed by atoms with van der Waals surface area (Å²) in [6, 6.07) is 13.5. The van der Waals surface area contributed by atoms with Crippen LogP contribution in [0.15, 0.2) is 59.1 Å².